The maximum absolute atomic E-state index is 10.6. The lowest BCUT2D eigenvalue weighted by atomic mass is 9.96. The lowest BCUT2D eigenvalue weighted by Gasteiger charge is -2.36. The standard InChI is InChI=1S/C12H23NO2/c1-2-3-4-5-8-12(13-11-14)9-6-7-10-15-12/h11H,2-10H2,1H3,(H,13,14). The highest BCUT2D eigenvalue weighted by Crippen LogP contribution is 2.27. The average molecular weight is 213 g/mol. The van der Waals surface area contributed by atoms with Crippen LogP contribution in [0, 0.1) is 0 Å². The molecular weight excluding hydrogens is 190 g/mol. The van der Waals surface area contributed by atoms with Gasteiger partial charge in [0, 0.05) is 6.61 Å². The third kappa shape index (κ3) is 4.20. The van der Waals surface area contributed by atoms with Crippen LogP contribution in [0.1, 0.15) is 58.3 Å². The third-order valence-corrected chi connectivity index (χ3v) is 3.11. The molecule has 1 aliphatic heterocycles. The van der Waals surface area contributed by atoms with E-state index in [-0.39, 0.29) is 5.72 Å². The smallest absolute Gasteiger partial charge is 0.209 e. The first-order chi connectivity index (χ1) is 7.33. The third-order valence-electron chi connectivity index (χ3n) is 3.11. The summed E-state index contributed by atoms with van der Waals surface area (Å²) in [6, 6.07) is 0. The van der Waals surface area contributed by atoms with E-state index in [1.807, 2.05) is 0 Å². The van der Waals surface area contributed by atoms with Crippen molar-refractivity contribution in [3.05, 3.63) is 0 Å². The topological polar surface area (TPSA) is 38.3 Å². The number of rotatable bonds is 7. The summed E-state index contributed by atoms with van der Waals surface area (Å²) < 4.78 is 5.74. The Hall–Kier alpha value is -0.570. The second kappa shape index (κ2) is 6.83. The van der Waals surface area contributed by atoms with Crippen LogP contribution in [0.5, 0.6) is 0 Å². The minimum Gasteiger partial charge on any atom is -0.356 e. The fourth-order valence-electron chi connectivity index (χ4n) is 2.18. The number of hydrogen-bond acceptors (Lipinski definition) is 2. The summed E-state index contributed by atoms with van der Waals surface area (Å²) >= 11 is 0. The Labute approximate surface area is 92.6 Å². The molecule has 3 heteroatoms. The summed E-state index contributed by atoms with van der Waals surface area (Å²) in [5.41, 5.74) is -0.340. The van der Waals surface area contributed by atoms with Gasteiger partial charge >= 0.3 is 0 Å². The summed E-state index contributed by atoms with van der Waals surface area (Å²) in [7, 11) is 0. The molecule has 1 rings (SSSR count). The van der Waals surface area contributed by atoms with Crippen molar-refractivity contribution in [3.8, 4) is 0 Å². The molecule has 1 amide bonds. The van der Waals surface area contributed by atoms with E-state index in [0.29, 0.717) is 0 Å². The van der Waals surface area contributed by atoms with Crippen molar-refractivity contribution in [2.75, 3.05) is 6.61 Å². The van der Waals surface area contributed by atoms with Gasteiger partial charge in [0.1, 0.15) is 5.72 Å². The van der Waals surface area contributed by atoms with Gasteiger partial charge in [0.15, 0.2) is 0 Å². The van der Waals surface area contributed by atoms with Gasteiger partial charge in [-0.3, -0.25) is 4.79 Å². The lowest BCUT2D eigenvalue weighted by Crippen LogP contribution is -2.49. The molecule has 0 bridgehead atoms. The van der Waals surface area contributed by atoms with Crippen molar-refractivity contribution in [3.63, 3.8) is 0 Å². The number of carbonyl (C=O) groups excluding carboxylic acids is 1. The first kappa shape index (κ1) is 12.5. The van der Waals surface area contributed by atoms with Gasteiger partial charge in [-0.05, 0) is 32.1 Å². The van der Waals surface area contributed by atoms with Crippen molar-refractivity contribution >= 4 is 6.41 Å². The van der Waals surface area contributed by atoms with Gasteiger partial charge in [-0.15, -0.1) is 0 Å². The summed E-state index contributed by atoms with van der Waals surface area (Å²) in [6.45, 7) is 2.99. The van der Waals surface area contributed by atoms with Crippen molar-refractivity contribution in [1.29, 1.82) is 0 Å². The van der Waals surface area contributed by atoms with Crippen LogP contribution in [0.25, 0.3) is 0 Å². The normalized spacial score (nSPS) is 26.2. The van der Waals surface area contributed by atoms with Crippen LogP contribution in [0.4, 0.5) is 0 Å². The Morgan fingerprint density at radius 2 is 2.20 bits per heavy atom. The minimum atomic E-state index is -0.340. The highest BCUT2D eigenvalue weighted by Gasteiger charge is 2.31. The predicted octanol–water partition coefficient (Wildman–Crippen LogP) is 2.60. The molecule has 1 unspecified atom stereocenters. The summed E-state index contributed by atoms with van der Waals surface area (Å²) in [4.78, 5) is 10.6. The molecule has 0 aromatic rings. The summed E-state index contributed by atoms with van der Waals surface area (Å²) in [5.74, 6) is 0. The zero-order chi connectivity index (χ0) is 11.0. The van der Waals surface area contributed by atoms with Crippen molar-refractivity contribution in [1.82, 2.24) is 5.32 Å². The Morgan fingerprint density at radius 3 is 2.80 bits per heavy atom. The molecule has 1 saturated heterocycles. The largest absolute Gasteiger partial charge is 0.356 e. The number of hydrogen-bond donors (Lipinski definition) is 1. The van der Waals surface area contributed by atoms with Crippen LogP contribution >= 0.6 is 0 Å². The fourth-order valence-corrected chi connectivity index (χ4v) is 2.18. The molecule has 1 atom stereocenters. The van der Waals surface area contributed by atoms with Gasteiger partial charge in [-0.25, -0.2) is 0 Å². The van der Waals surface area contributed by atoms with Crippen LogP contribution in [-0.4, -0.2) is 18.7 Å². The van der Waals surface area contributed by atoms with Gasteiger partial charge < -0.3 is 10.1 Å². The van der Waals surface area contributed by atoms with Crippen LogP contribution in [0.2, 0.25) is 0 Å². The number of amides is 1. The molecule has 1 fully saturated rings. The second-order valence-corrected chi connectivity index (χ2v) is 4.37. The molecule has 1 heterocycles. The van der Waals surface area contributed by atoms with Gasteiger partial charge in [-0.2, -0.15) is 0 Å². The maximum Gasteiger partial charge on any atom is 0.209 e. The second-order valence-electron chi connectivity index (χ2n) is 4.37. The molecule has 0 aromatic carbocycles. The predicted molar refractivity (Wildman–Crippen MR) is 60.5 cm³/mol. The van der Waals surface area contributed by atoms with Gasteiger partial charge in [-0.1, -0.05) is 26.2 Å². The Morgan fingerprint density at radius 1 is 1.33 bits per heavy atom. The molecule has 3 nitrogen and oxygen atoms in total. The molecule has 88 valence electrons. The highest BCUT2D eigenvalue weighted by molar-refractivity contribution is 5.47. The van der Waals surface area contributed by atoms with E-state index in [0.717, 1.165) is 45.1 Å². The molecule has 1 N–H and O–H groups in total. The number of ether oxygens (including phenoxy) is 1. The van der Waals surface area contributed by atoms with E-state index >= 15 is 0 Å². The zero-order valence-corrected chi connectivity index (χ0v) is 9.76. The molecule has 1 aliphatic rings. The highest BCUT2D eigenvalue weighted by atomic mass is 16.5. The van der Waals surface area contributed by atoms with E-state index in [2.05, 4.69) is 12.2 Å². The summed E-state index contributed by atoms with van der Waals surface area (Å²) in [5, 5.41) is 2.87. The van der Waals surface area contributed by atoms with Crippen molar-refractivity contribution in [2.45, 2.75) is 64.0 Å². The van der Waals surface area contributed by atoms with E-state index in [4.69, 9.17) is 4.74 Å². The molecule has 0 aromatic heterocycles. The Balaban J connectivity index is 2.31. The molecule has 0 saturated carbocycles. The SMILES string of the molecule is CCCCCCC1(NC=O)CCCCO1. The molecule has 0 radical (unpaired) electrons. The van der Waals surface area contributed by atoms with Crippen molar-refractivity contribution in [2.24, 2.45) is 0 Å². The van der Waals surface area contributed by atoms with Gasteiger partial charge in [0.25, 0.3) is 0 Å². The average Bonchev–Trinajstić information content (AvgIpc) is 2.26. The van der Waals surface area contributed by atoms with Crippen LogP contribution in [0.15, 0.2) is 0 Å². The minimum absolute atomic E-state index is 0.340. The monoisotopic (exact) mass is 213 g/mol. The molecular formula is C12H23NO2. The first-order valence-corrected chi connectivity index (χ1v) is 6.18. The molecule has 15 heavy (non-hydrogen) atoms. The fraction of sp³-hybridized carbons (Fsp3) is 0.917. The van der Waals surface area contributed by atoms with E-state index in [1.165, 1.54) is 19.3 Å². The summed E-state index contributed by atoms with van der Waals surface area (Å²) in [6.07, 6.45) is 9.91. The van der Waals surface area contributed by atoms with Gasteiger partial charge in [0.2, 0.25) is 6.41 Å². The van der Waals surface area contributed by atoms with E-state index < -0.39 is 0 Å². The number of unbranched alkanes of at least 4 members (excludes halogenated alkanes) is 3. The van der Waals surface area contributed by atoms with Crippen LogP contribution in [0.3, 0.4) is 0 Å². The quantitative estimate of drug-likeness (QED) is 0.521. The lowest BCUT2D eigenvalue weighted by molar-refractivity contribution is -0.132. The molecule has 0 aliphatic carbocycles. The van der Waals surface area contributed by atoms with Crippen molar-refractivity contribution < 1.29 is 9.53 Å². The van der Waals surface area contributed by atoms with Crippen LogP contribution in [-0.2, 0) is 9.53 Å². The number of carbonyl (C=O) groups is 1. The maximum atomic E-state index is 10.6. The van der Waals surface area contributed by atoms with E-state index in [1.54, 1.807) is 0 Å². The molecule has 0 spiro atoms. The first-order valence-electron chi connectivity index (χ1n) is 6.18. The van der Waals surface area contributed by atoms with E-state index in [9.17, 15) is 4.79 Å². The Bertz CT molecular complexity index is 176. The zero-order valence-electron chi connectivity index (χ0n) is 9.76. The Kier molecular flexibility index (Phi) is 5.69. The van der Waals surface area contributed by atoms with Gasteiger partial charge in [0.05, 0.1) is 0 Å². The van der Waals surface area contributed by atoms with Crippen LogP contribution < -0.4 is 5.32 Å². The number of nitrogens with one attached hydrogen (secondary N) is 1.